The summed E-state index contributed by atoms with van der Waals surface area (Å²) in [5.74, 6) is -0.286. The van der Waals surface area contributed by atoms with Crippen molar-refractivity contribution in [2.75, 3.05) is 6.61 Å². The maximum atomic E-state index is 10.8. The number of rotatable bonds is 7. The molecule has 1 aliphatic rings. The Kier molecular flexibility index (Phi) is 12.0. The number of nitrogens with zero attached hydrogens (tertiary/aromatic N) is 1. The molecular weight excluding hydrogens is 466 g/mol. The number of pyridine rings is 1. The summed E-state index contributed by atoms with van der Waals surface area (Å²) in [6.07, 6.45) is 1.54. The number of aliphatic hydroxyl groups is 2. The Morgan fingerprint density at radius 2 is 1.68 bits per heavy atom. The lowest BCUT2D eigenvalue weighted by atomic mass is 9.89. The Hall–Kier alpha value is -3.48. The second-order valence-corrected chi connectivity index (χ2v) is 8.19. The lowest BCUT2D eigenvalue weighted by Crippen LogP contribution is -2.19. The molecule has 4 rings (SSSR count). The van der Waals surface area contributed by atoms with Crippen molar-refractivity contribution in [3.05, 3.63) is 77.5 Å². The zero-order chi connectivity index (χ0) is 27.4. The summed E-state index contributed by atoms with van der Waals surface area (Å²) in [6.45, 7) is 10.5. The maximum absolute atomic E-state index is 10.8. The predicted molar refractivity (Wildman–Crippen MR) is 150 cm³/mol. The first-order chi connectivity index (χ1) is 17.9. The summed E-state index contributed by atoms with van der Waals surface area (Å²) in [7, 11) is 0. The summed E-state index contributed by atoms with van der Waals surface area (Å²) >= 11 is 0. The summed E-state index contributed by atoms with van der Waals surface area (Å²) < 4.78 is 6.00. The predicted octanol–water partition coefficient (Wildman–Crippen LogP) is 6.31. The molecule has 0 amide bonds. The number of aliphatic hydroxyl groups excluding tert-OH is 2. The van der Waals surface area contributed by atoms with Crippen molar-refractivity contribution >= 4 is 12.0 Å². The number of hydrogen-bond acceptors (Lipinski definition) is 5. The van der Waals surface area contributed by atoms with Crippen LogP contribution >= 0.6 is 0 Å². The molecule has 6 heteroatoms. The molecule has 37 heavy (non-hydrogen) atoms. The number of carboxylic acids is 1. The summed E-state index contributed by atoms with van der Waals surface area (Å²) in [5.41, 5.74) is 6.69. The van der Waals surface area contributed by atoms with E-state index in [-0.39, 0.29) is 6.42 Å². The Bertz CT molecular complexity index is 1170. The molecule has 0 saturated carbocycles. The van der Waals surface area contributed by atoms with Crippen LogP contribution in [-0.2, 0) is 11.2 Å². The van der Waals surface area contributed by atoms with Gasteiger partial charge >= 0.3 is 5.97 Å². The zero-order valence-corrected chi connectivity index (χ0v) is 22.4. The van der Waals surface area contributed by atoms with Gasteiger partial charge < -0.3 is 20.1 Å². The lowest BCUT2D eigenvalue weighted by molar-refractivity contribution is -0.139. The number of para-hydroxylation sites is 1. The normalized spacial score (nSPS) is 13.4. The van der Waals surface area contributed by atoms with Gasteiger partial charge in [-0.05, 0) is 35.7 Å². The molecule has 0 unspecified atom stereocenters. The van der Waals surface area contributed by atoms with Crippen LogP contribution in [-0.4, -0.2) is 45.1 Å². The Morgan fingerprint density at radius 1 is 1.03 bits per heavy atom. The average molecular weight is 506 g/mol. The number of carboxylic acid groups (broad SMARTS) is 1. The summed E-state index contributed by atoms with van der Waals surface area (Å²) in [5, 5.41) is 29.1. The fourth-order valence-electron chi connectivity index (χ4n) is 4.26. The van der Waals surface area contributed by atoms with Gasteiger partial charge in [-0.3, -0.25) is 9.78 Å². The van der Waals surface area contributed by atoms with Gasteiger partial charge in [0.1, 0.15) is 5.75 Å². The van der Waals surface area contributed by atoms with Crippen molar-refractivity contribution in [1.29, 1.82) is 0 Å². The van der Waals surface area contributed by atoms with Gasteiger partial charge in [0.25, 0.3) is 0 Å². The molecular formula is C31H39NO5. The Morgan fingerprint density at radius 3 is 2.35 bits per heavy atom. The number of hydrogen-bond donors (Lipinski definition) is 3. The monoisotopic (exact) mass is 505 g/mol. The van der Waals surface area contributed by atoms with Gasteiger partial charge in [-0.25, -0.2) is 0 Å². The van der Waals surface area contributed by atoms with Crippen LogP contribution in [0, 0.1) is 6.92 Å². The average Bonchev–Trinajstić information content (AvgIpc) is 3.08. The molecule has 0 fully saturated rings. The highest BCUT2D eigenvalue weighted by atomic mass is 16.5. The van der Waals surface area contributed by atoms with E-state index in [0.717, 1.165) is 45.0 Å². The quantitative estimate of drug-likeness (QED) is 0.348. The molecule has 2 aromatic carbocycles. The molecule has 2 heterocycles. The number of benzene rings is 2. The van der Waals surface area contributed by atoms with Gasteiger partial charge in [0, 0.05) is 29.7 Å². The minimum Gasteiger partial charge on any atom is -0.493 e. The molecule has 0 radical (unpaired) electrons. The van der Waals surface area contributed by atoms with Gasteiger partial charge in [-0.1, -0.05) is 82.3 Å². The molecule has 0 bridgehead atoms. The molecule has 0 aliphatic carbocycles. The fraction of sp³-hybridized carbons (Fsp3) is 0.355. The third-order valence-electron chi connectivity index (χ3n) is 5.75. The van der Waals surface area contributed by atoms with Crippen molar-refractivity contribution in [2.45, 2.75) is 66.1 Å². The summed E-state index contributed by atoms with van der Waals surface area (Å²) in [6, 6.07) is 18.0. The number of ether oxygens (including phenoxy) is 1. The van der Waals surface area contributed by atoms with E-state index in [2.05, 4.69) is 12.1 Å². The van der Waals surface area contributed by atoms with Gasteiger partial charge in [0.15, 0.2) is 0 Å². The molecule has 198 valence electrons. The van der Waals surface area contributed by atoms with Gasteiger partial charge in [0.2, 0.25) is 0 Å². The molecule has 3 N–H and O–H groups in total. The number of aryl methyl sites for hydroxylation is 1. The second-order valence-electron chi connectivity index (χ2n) is 8.19. The van der Waals surface area contributed by atoms with E-state index in [0.29, 0.717) is 13.0 Å². The van der Waals surface area contributed by atoms with Crippen LogP contribution in [0.25, 0.3) is 28.5 Å². The van der Waals surface area contributed by atoms with Crippen LogP contribution in [0.15, 0.2) is 60.7 Å². The van der Waals surface area contributed by atoms with Crippen LogP contribution in [0.2, 0.25) is 0 Å². The van der Waals surface area contributed by atoms with Crippen LogP contribution in [0.4, 0.5) is 0 Å². The number of fused-ring (bicyclic) bond motifs is 3. The third kappa shape index (κ3) is 7.75. The van der Waals surface area contributed by atoms with E-state index in [9.17, 15) is 15.0 Å². The van der Waals surface area contributed by atoms with Gasteiger partial charge in [-0.15, -0.1) is 0 Å². The van der Waals surface area contributed by atoms with Gasteiger partial charge in [-0.2, -0.15) is 0 Å². The molecule has 0 saturated heterocycles. The smallest absolute Gasteiger partial charge is 0.305 e. The first kappa shape index (κ1) is 29.7. The van der Waals surface area contributed by atoms with Crippen LogP contribution < -0.4 is 4.74 Å². The first-order valence-electron chi connectivity index (χ1n) is 13.0. The van der Waals surface area contributed by atoms with Crippen molar-refractivity contribution < 1.29 is 24.9 Å². The standard InChI is InChI=1S/C27H27NO5.2C2H6/c1-17-21(12-11-19(29)15-20(30)16-25(31)32)26(18-7-3-2-4-8-18)23-13-14-33-24-10-6-5-9-22(24)27(23)28-17;2*1-2/h2-12,19-20,29-30H,13-16H2,1H3,(H,31,32);2*1-2H3/b12-11+;;/t19-,20-;;/m1../s1. The minimum absolute atomic E-state index is 0.0535. The molecule has 0 spiro atoms. The second kappa shape index (κ2) is 14.9. The molecule has 1 aliphatic heterocycles. The van der Waals surface area contributed by atoms with Crippen molar-refractivity contribution in [2.24, 2.45) is 0 Å². The van der Waals surface area contributed by atoms with E-state index >= 15 is 0 Å². The highest BCUT2D eigenvalue weighted by Gasteiger charge is 2.23. The van der Waals surface area contributed by atoms with E-state index in [1.54, 1.807) is 6.08 Å². The highest BCUT2D eigenvalue weighted by Crippen LogP contribution is 2.41. The lowest BCUT2D eigenvalue weighted by Gasteiger charge is -2.18. The van der Waals surface area contributed by atoms with E-state index in [1.807, 2.05) is 83.2 Å². The van der Waals surface area contributed by atoms with E-state index < -0.39 is 24.6 Å². The third-order valence-corrected chi connectivity index (χ3v) is 5.75. The van der Waals surface area contributed by atoms with E-state index in [4.69, 9.17) is 14.8 Å². The van der Waals surface area contributed by atoms with Crippen molar-refractivity contribution in [3.63, 3.8) is 0 Å². The van der Waals surface area contributed by atoms with Gasteiger partial charge in [0.05, 0.1) is 30.9 Å². The number of aliphatic carboxylic acids is 1. The minimum atomic E-state index is -1.12. The number of carbonyl (C=O) groups is 1. The topological polar surface area (TPSA) is 99.9 Å². The molecule has 2 atom stereocenters. The van der Waals surface area contributed by atoms with Crippen molar-refractivity contribution in [3.8, 4) is 28.1 Å². The maximum Gasteiger partial charge on any atom is 0.305 e. The van der Waals surface area contributed by atoms with Crippen LogP contribution in [0.1, 0.15) is 57.4 Å². The molecule has 1 aromatic heterocycles. The molecule has 6 nitrogen and oxygen atoms in total. The SMILES string of the molecule is CC.CC.Cc1nc2c(c(-c3ccccc3)c1/C=C/[C@@H](O)C[C@@H](O)CC(=O)O)CCOc1ccccc1-2. The van der Waals surface area contributed by atoms with Crippen LogP contribution in [0.3, 0.4) is 0 Å². The first-order valence-corrected chi connectivity index (χ1v) is 13.0. The highest BCUT2D eigenvalue weighted by molar-refractivity contribution is 5.86. The van der Waals surface area contributed by atoms with Crippen LogP contribution in [0.5, 0.6) is 5.75 Å². The number of aromatic nitrogens is 1. The van der Waals surface area contributed by atoms with Crippen molar-refractivity contribution in [1.82, 2.24) is 4.98 Å². The Labute approximate surface area is 220 Å². The largest absolute Gasteiger partial charge is 0.493 e. The zero-order valence-electron chi connectivity index (χ0n) is 22.4. The molecule has 3 aromatic rings. The summed E-state index contributed by atoms with van der Waals surface area (Å²) in [4.78, 5) is 15.7. The Balaban J connectivity index is 0.00000115. The van der Waals surface area contributed by atoms with E-state index in [1.165, 1.54) is 0 Å². The fourth-order valence-corrected chi connectivity index (χ4v) is 4.26.